The minimum atomic E-state index is -0.445. The first-order valence-electron chi connectivity index (χ1n) is 6.07. The van der Waals surface area contributed by atoms with E-state index in [4.69, 9.17) is 4.74 Å². The average Bonchev–Trinajstić information content (AvgIpc) is 2.45. The van der Waals surface area contributed by atoms with Gasteiger partial charge in [0.05, 0.1) is 12.8 Å². The molecule has 0 N–H and O–H groups in total. The van der Waals surface area contributed by atoms with Crippen molar-refractivity contribution in [3.63, 3.8) is 0 Å². The maximum absolute atomic E-state index is 13.9. The molecule has 0 spiro atoms. The third-order valence-corrected chi connectivity index (χ3v) is 2.63. The van der Waals surface area contributed by atoms with Crippen LogP contribution in [0.15, 0.2) is 36.7 Å². The number of aromatic nitrogens is 1. The van der Waals surface area contributed by atoms with Gasteiger partial charge in [0.15, 0.2) is 0 Å². The smallest absolute Gasteiger partial charge is 0.150 e. The molecule has 4 heteroatoms. The van der Waals surface area contributed by atoms with Gasteiger partial charge in [-0.15, -0.1) is 0 Å². The van der Waals surface area contributed by atoms with Gasteiger partial charge in [-0.25, -0.2) is 4.39 Å². The first kappa shape index (κ1) is 13.2. The molecule has 0 fully saturated rings. The van der Waals surface area contributed by atoms with Gasteiger partial charge in [-0.2, -0.15) is 0 Å². The molecule has 0 unspecified atom stereocenters. The minimum Gasteiger partial charge on any atom is -0.492 e. The lowest BCUT2D eigenvalue weighted by atomic mass is 10.1. The number of pyridine rings is 1. The fourth-order valence-electron chi connectivity index (χ4n) is 1.70. The molecule has 0 saturated heterocycles. The van der Waals surface area contributed by atoms with Crippen molar-refractivity contribution in [1.82, 2.24) is 4.98 Å². The summed E-state index contributed by atoms with van der Waals surface area (Å²) in [5, 5.41) is 0. The van der Waals surface area contributed by atoms with E-state index in [0.717, 1.165) is 6.42 Å². The van der Waals surface area contributed by atoms with Gasteiger partial charge in [-0.3, -0.25) is 9.78 Å². The van der Waals surface area contributed by atoms with Crippen LogP contribution in [0.1, 0.15) is 23.7 Å². The van der Waals surface area contributed by atoms with Crippen molar-refractivity contribution < 1.29 is 13.9 Å². The zero-order valence-corrected chi connectivity index (χ0v) is 10.6. The van der Waals surface area contributed by atoms with Crippen LogP contribution in [-0.4, -0.2) is 17.9 Å². The molecule has 0 radical (unpaired) electrons. The molecule has 0 amide bonds. The summed E-state index contributed by atoms with van der Waals surface area (Å²) < 4.78 is 19.3. The number of nitrogens with zero attached hydrogens (tertiary/aromatic N) is 1. The Balaban J connectivity index is 2.33. The number of hydrogen-bond donors (Lipinski definition) is 0. The van der Waals surface area contributed by atoms with E-state index in [1.807, 2.05) is 6.92 Å². The van der Waals surface area contributed by atoms with Crippen LogP contribution >= 0.6 is 0 Å². The Labute approximate surface area is 111 Å². The fourth-order valence-corrected chi connectivity index (χ4v) is 1.70. The van der Waals surface area contributed by atoms with Crippen LogP contribution in [-0.2, 0) is 0 Å². The Morgan fingerprint density at radius 1 is 1.32 bits per heavy atom. The highest BCUT2D eigenvalue weighted by Gasteiger charge is 2.07. The number of hydrogen-bond acceptors (Lipinski definition) is 3. The van der Waals surface area contributed by atoms with E-state index >= 15 is 0 Å². The zero-order valence-electron chi connectivity index (χ0n) is 10.6. The van der Waals surface area contributed by atoms with E-state index in [1.54, 1.807) is 30.6 Å². The molecule has 1 aromatic carbocycles. The van der Waals surface area contributed by atoms with Gasteiger partial charge in [0.2, 0.25) is 0 Å². The Hall–Kier alpha value is -2.23. The van der Waals surface area contributed by atoms with Crippen molar-refractivity contribution >= 4 is 6.29 Å². The summed E-state index contributed by atoms with van der Waals surface area (Å²) in [7, 11) is 0. The van der Waals surface area contributed by atoms with Crippen molar-refractivity contribution in [2.45, 2.75) is 13.3 Å². The monoisotopic (exact) mass is 259 g/mol. The minimum absolute atomic E-state index is 0.313. The van der Waals surface area contributed by atoms with Gasteiger partial charge in [-0.05, 0) is 18.6 Å². The summed E-state index contributed by atoms with van der Waals surface area (Å²) in [5.41, 5.74) is 1.34. The third kappa shape index (κ3) is 3.16. The molecule has 98 valence electrons. The molecular weight excluding hydrogens is 245 g/mol. The van der Waals surface area contributed by atoms with Crippen molar-refractivity contribution in [2.75, 3.05) is 6.61 Å². The molecule has 2 aromatic rings. The second-order valence-electron chi connectivity index (χ2n) is 4.11. The molecule has 0 atom stereocenters. The molecule has 2 rings (SSSR count). The Bertz CT molecular complexity index is 584. The quantitative estimate of drug-likeness (QED) is 0.771. The van der Waals surface area contributed by atoms with Crippen molar-refractivity contribution in [3.8, 4) is 16.9 Å². The van der Waals surface area contributed by atoms with Gasteiger partial charge in [-0.1, -0.05) is 19.1 Å². The highest BCUT2D eigenvalue weighted by atomic mass is 19.1. The Kier molecular flexibility index (Phi) is 4.23. The van der Waals surface area contributed by atoms with Gasteiger partial charge in [0.25, 0.3) is 0 Å². The molecule has 0 aliphatic carbocycles. The predicted octanol–water partition coefficient (Wildman–Crippen LogP) is 3.49. The lowest BCUT2D eigenvalue weighted by molar-refractivity contribution is 0.112. The van der Waals surface area contributed by atoms with Crippen molar-refractivity contribution in [2.24, 2.45) is 0 Å². The molecule has 1 aromatic heterocycles. The number of ether oxygens (including phenoxy) is 1. The van der Waals surface area contributed by atoms with Crippen LogP contribution in [0.25, 0.3) is 11.1 Å². The van der Waals surface area contributed by atoms with Gasteiger partial charge in [0, 0.05) is 22.9 Å². The number of aldehydes is 1. The number of halogens is 1. The summed E-state index contributed by atoms with van der Waals surface area (Å²) in [6, 6.07) is 6.09. The SMILES string of the molecule is CCCOc1cncc(-c2ccc(C=O)cc2F)c1. The molecule has 1 heterocycles. The largest absolute Gasteiger partial charge is 0.492 e. The second kappa shape index (κ2) is 6.09. The van der Waals surface area contributed by atoms with Crippen molar-refractivity contribution in [1.29, 1.82) is 0 Å². The topological polar surface area (TPSA) is 39.2 Å². The molecule has 0 aliphatic rings. The van der Waals surface area contributed by atoms with Gasteiger partial charge >= 0.3 is 0 Å². The van der Waals surface area contributed by atoms with Crippen LogP contribution in [0, 0.1) is 5.82 Å². The Morgan fingerprint density at radius 3 is 2.84 bits per heavy atom. The highest BCUT2D eigenvalue weighted by molar-refractivity contribution is 5.77. The lowest BCUT2D eigenvalue weighted by Gasteiger charge is -2.07. The normalized spacial score (nSPS) is 10.2. The summed E-state index contributed by atoms with van der Waals surface area (Å²) in [4.78, 5) is 14.6. The highest BCUT2D eigenvalue weighted by Crippen LogP contribution is 2.25. The lowest BCUT2D eigenvalue weighted by Crippen LogP contribution is -1.96. The standard InChI is InChI=1S/C15H14FNO2/c1-2-5-19-13-7-12(8-17-9-13)14-4-3-11(10-18)6-15(14)16/h3-4,6-10H,2,5H2,1H3. The number of rotatable bonds is 5. The number of benzene rings is 1. The number of carbonyl (C=O) groups is 1. The molecule has 3 nitrogen and oxygen atoms in total. The predicted molar refractivity (Wildman–Crippen MR) is 70.8 cm³/mol. The Morgan fingerprint density at radius 2 is 2.16 bits per heavy atom. The second-order valence-corrected chi connectivity index (χ2v) is 4.11. The van der Waals surface area contributed by atoms with E-state index in [-0.39, 0.29) is 0 Å². The van der Waals surface area contributed by atoms with E-state index < -0.39 is 5.82 Å². The summed E-state index contributed by atoms with van der Waals surface area (Å²) in [6.07, 6.45) is 4.67. The van der Waals surface area contributed by atoms with Gasteiger partial charge in [0.1, 0.15) is 17.9 Å². The summed E-state index contributed by atoms with van der Waals surface area (Å²) >= 11 is 0. The van der Waals surface area contributed by atoms with Crippen LogP contribution in [0.3, 0.4) is 0 Å². The van der Waals surface area contributed by atoms with Crippen molar-refractivity contribution in [3.05, 3.63) is 48.0 Å². The maximum atomic E-state index is 13.9. The number of carbonyl (C=O) groups excluding carboxylic acids is 1. The van der Waals surface area contributed by atoms with E-state index in [9.17, 15) is 9.18 Å². The molecule has 0 saturated carbocycles. The van der Waals surface area contributed by atoms with Crippen LogP contribution < -0.4 is 4.74 Å². The first-order valence-corrected chi connectivity index (χ1v) is 6.07. The summed E-state index contributed by atoms with van der Waals surface area (Å²) in [5.74, 6) is 0.164. The van der Waals surface area contributed by atoms with Crippen LogP contribution in [0.4, 0.5) is 4.39 Å². The van der Waals surface area contributed by atoms with E-state index in [2.05, 4.69) is 4.98 Å². The fraction of sp³-hybridized carbons (Fsp3) is 0.200. The molecular formula is C15H14FNO2. The van der Waals surface area contributed by atoms with Crippen LogP contribution in [0.2, 0.25) is 0 Å². The summed E-state index contributed by atoms with van der Waals surface area (Å²) in [6.45, 7) is 2.60. The van der Waals surface area contributed by atoms with E-state index in [1.165, 1.54) is 6.07 Å². The molecule has 19 heavy (non-hydrogen) atoms. The zero-order chi connectivity index (χ0) is 13.7. The molecule has 0 bridgehead atoms. The maximum Gasteiger partial charge on any atom is 0.150 e. The van der Waals surface area contributed by atoms with E-state index in [0.29, 0.717) is 35.3 Å². The van der Waals surface area contributed by atoms with Crippen LogP contribution in [0.5, 0.6) is 5.75 Å². The first-order chi connectivity index (χ1) is 9.24. The average molecular weight is 259 g/mol. The molecule has 0 aliphatic heterocycles. The third-order valence-electron chi connectivity index (χ3n) is 2.63. The van der Waals surface area contributed by atoms with Gasteiger partial charge < -0.3 is 4.74 Å².